The second-order valence-electron chi connectivity index (χ2n) is 35.8. The maximum Gasteiger partial charge on any atom is 0.307 e. The lowest BCUT2D eigenvalue weighted by atomic mass is 10.0. The smallest absolute Gasteiger partial charge is 0.307 e. The zero-order valence-corrected chi connectivity index (χ0v) is 76.2. The van der Waals surface area contributed by atoms with Crippen LogP contribution < -0.4 is 9.13 Å². The molecule has 0 amide bonds. The molecule has 14 heteroatoms. The van der Waals surface area contributed by atoms with Crippen LogP contribution in [0.5, 0.6) is 0 Å². The van der Waals surface area contributed by atoms with Gasteiger partial charge in [-0.3, -0.25) is 0 Å². The molecule has 0 aliphatic rings. The normalized spacial score (nSPS) is 11.6. The molecule has 0 fully saturated rings. The predicted molar refractivity (Wildman–Crippen MR) is 572 cm³/mol. The largest absolute Gasteiger partial charge is 0.454 e. The van der Waals surface area contributed by atoms with Crippen LogP contribution in [-0.2, 0) is 0 Å². The van der Waals surface area contributed by atoms with Crippen LogP contribution in [0, 0.1) is 22.7 Å². The highest BCUT2D eigenvalue weighted by atomic mass is 16.3. The molecule has 8 heterocycles. The van der Waals surface area contributed by atoms with Crippen molar-refractivity contribution < 1.29 is 18.0 Å². The summed E-state index contributed by atoms with van der Waals surface area (Å²) in [6.45, 7) is 0. The molecule has 660 valence electrons. The first kappa shape index (κ1) is 81.7. The van der Waals surface area contributed by atoms with E-state index >= 15 is 0 Å². The first-order chi connectivity index (χ1) is 70.4. The Labute approximate surface area is 813 Å². The highest BCUT2D eigenvalue weighted by Crippen LogP contribution is 2.49. The second-order valence-corrected chi connectivity index (χ2v) is 35.8. The lowest BCUT2D eigenvalue weighted by molar-refractivity contribution is -0.590. The molecule has 0 atom stereocenters. The van der Waals surface area contributed by atoms with Crippen LogP contribution in [-0.4, -0.2) is 38.2 Å². The molecule has 28 aromatic rings. The zero-order chi connectivity index (χ0) is 94.0. The lowest BCUT2D eigenvalue weighted by Gasteiger charge is -2.16. The standard InChI is InChI=1S/2C64H39N6O/c65-39-41-32-34-55(58(36-41)68-40-66-63(46-22-13-20-44(37-46)42-16-3-1-4-17-42)67-64(68)47-23-14-21-45(38-47)43-18-5-2-6-19-43)70-53-28-10-7-24-48(53)50-33-35-56-60(61(50)70)52-26-8-11-29-54(52)69(56)57-30-15-27-51-49-25-9-12-31-59(49)71-62(51)57;65-39-41-26-36-55(58(38-41)68-40-66-63(46-31-27-44(28-32-46)42-14-3-1-4-15-42)67-64(68)47-33-29-45(30-34-47)43-16-5-2-6-17-43)70-53-22-10-7-18-48(53)50-35-37-56-60(61(50)70)52-20-8-11-23-54(52)69(56)57-24-13-21-51-49-19-9-12-25-59(49)71-62(51)57/h2*1-38,40H/q2*+1. The second kappa shape index (κ2) is 33.6. The summed E-state index contributed by atoms with van der Waals surface area (Å²) in [5.41, 5.74) is 30.4. The Balaban J connectivity index is 0.000000142. The number of fused-ring (bicyclic) bond motifs is 20. The lowest BCUT2D eigenvalue weighted by Crippen LogP contribution is -2.37. The highest BCUT2D eigenvalue weighted by molar-refractivity contribution is 6.29. The van der Waals surface area contributed by atoms with Gasteiger partial charge in [0.05, 0.1) is 112 Å². The van der Waals surface area contributed by atoms with Crippen LogP contribution in [0.3, 0.4) is 0 Å². The summed E-state index contributed by atoms with van der Waals surface area (Å²) in [6.07, 6.45) is 3.72. The van der Waals surface area contributed by atoms with E-state index in [0.29, 0.717) is 34.4 Å². The van der Waals surface area contributed by atoms with Crippen LogP contribution >= 0.6 is 0 Å². The Bertz CT molecular complexity index is 10100. The van der Waals surface area contributed by atoms with E-state index in [1.54, 1.807) is 0 Å². The Hall–Kier alpha value is -19.8. The van der Waals surface area contributed by atoms with Gasteiger partial charge in [0.25, 0.3) is 11.6 Å². The van der Waals surface area contributed by atoms with Crippen molar-refractivity contribution in [2.24, 2.45) is 0 Å². The van der Waals surface area contributed by atoms with Gasteiger partial charge in [-0.15, -0.1) is 0 Å². The van der Waals surface area contributed by atoms with Gasteiger partial charge in [-0.2, -0.15) is 19.7 Å². The van der Waals surface area contributed by atoms with Crippen LogP contribution in [0.15, 0.2) is 483 Å². The first-order valence-corrected chi connectivity index (χ1v) is 47.4. The van der Waals surface area contributed by atoms with Crippen molar-refractivity contribution in [3.63, 3.8) is 0 Å². The highest BCUT2D eigenvalue weighted by Gasteiger charge is 2.32. The third-order valence-electron chi connectivity index (χ3n) is 27.8. The molecule has 0 saturated heterocycles. The van der Waals surface area contributed by atoms with Crippen molar-refractivity contribution in [3.8, 4) is 136 Å². The number of hydrogen-bond acceptors (Lipinski definition) is 8. The predicted octanol–water partition coefficient (Wildman–Crippen LogP) is 30.8. The molecule has 0 radical (unpaired) electrons. The van der Waals surface area contributed by atoms with Gasteiger partial charge in [-0.1, -0.05) is 335 Å². The molecule has 0 unspecified atom stereocenters. The van der Waals surface area contributed by atoms with E-state index in [4.69, 9.17) is 28.8 Å². The molecule has 0 aliphatic heterocycles. The van der Waals surface area contributed by atoms with Crippen LogP contribution in [0.25, 0.3) is 255 Å². The molecule has 0 spiro atoms. The number of benzene rings is 20. The van der Waals surface area contributed by atoms with Crippen LogP contribution in [0.1, 0.15) is 11.1 Å². The van der Waals surface area contributed by atoms with Gasteiger partial charge in [0.1, 0.15) is 22.5 Å². The number of nitrogens with zero attached hydrogens (tertiary/aromatic N) is 12. The van der Waals surface area contributed by atoms with Crippen molar-refractivity contribution in [2.75, 3.05) is 0 Å². The maximum atomic E-state index is 10.6. The molecule has 20 aromatic carbocycles. The van der Waals surface area contributed by atoms with E-state index in [9.17, 15) is 10.5 Å². The fourth-order valence-electron chi connectivity index (χ4n) is 21.4. The van der Waals surface area contributed by atoms with Crippen molar-refractivity contribution in [3.05, 3.63) is 485 Å². The fourth-order valence-corrected chi connectivity index (χ4v) is 21.4. The molecule has 14 nitrogen and oxygen atoms in total. The zero-order valence-electron chi connectivity index (χ0n) is 76.2. The molecule has 0 bridgehead atoms. The Kier molecular flexibility index (Phi) is 19.4. The van der Waals surface area contributed by atoms with Gasteiger partial charge in [-0.05, 0) is 190 Å². The van der Waals surface area contributed by atoms with E-state index in [1.807, 2.05) is 90.0 Å². The van der Waals surface area contributed by atoms with E-state index in [0.717, 1.165) is 232 Å². The Morgan fingerprint density at radius 1 is 0.218 bits per heavy atom. The van der Waals surface area contributed by atoms with E-state index in [2.05, 4.69) is 423 Å². The van der Waals surface area contributed by atoms with Gasteiger partial charge >= 0.3 is 11.6 Å². The van der Waals surface area contributed by atoms with Gasteiger partial charge in [-0.25, -0.2) is 0 Å². The summed E-state index contributed by atoms with van der Waals surface area (Å²) in [7, 11) is 0. The average Bonchev–Trinajstić information content (AvgIpc) is 1.54. The van der Waals surface area contributed by atoms with Crippen LogP contribution in [0.2, 0.25) is 0 Å². The van der Waals surface area contributed by atoms with Gasteiger partial charge in [0.2, 0.25) is 12.7 Å². The molecule has 0 saturated carbocycles. The molecule has 8 aromatic heterocycles. The first-order valence-electron chi connectivity index (χ1n) is 47.4. The summed E-state index contributed by atoms with van der Waals surface area (Å²) in [6, 6.07) is 165. The maximum absolute atomic E-state index is 10.6. The number of rotatable bonds is 14. The molecule has 142 heavy (non-hydrogen) atoms. The molecule has 28 rings (SSSR count). The third-order valence-corrected chi connectivity index (χ3v) is 27.8. The van der Waals surface area contributed by atoms with Crippen molar-refractivity contribution in [1.29, 1.82) is 10.5 Å². The van der Waals surface area contributed by atoms with E-state index in [-0.39, 0.29) is 0 Å². The topological polar surface area (TPSA) is 153 Å². The number of aromatic nitrogens is 10. The van der Waals surface area contributed by atoms with E-state index in [1.165, 1.54) is 0 Å². The SMILES string of the molecule is N#Cc1ccc(-n2c3ccccc3c3ccc4c(c5ccccc5n4-c4cccc5c4oc4ccccc45)c32)c(-[n+]2cnc(-c3ccc(-c4ccccc4)cc3)nc2-c2ccc(-c3ccccc3)cc2)c1.N#Cc1ccc(-n2c3ccccc3c3ccc4c(c5ccccc5n4-c4cccc5c4oc4ccccc45)c32)c(-[n+]2cnc(-c3cccc(-c4ccccc4)c3)nc2-c2cccc(-c3ccccc3)c2)c1. The monoisotopic (exact) mass is 1810 g/mol. The minimum Gasteiger partial charge on any atom is -0.454 e. The molecule has 0 aliphatic carbocycles. The molecule has 0 N–H and O–H groups in total. The molecular formula is C128H78N12O2+2. The average molecular weight is 1820 g/mol. The van der Waals surface area contributed by atoms with Crippen LogP contribution in [0.4, 0.5) is 0 Å². The minimum absolute atomic E-state index is 0.515. The summed E-state index contributed by atoms with van der Waals surface area (Å²) >= 11 is 0. The summed E-state index contributed by atoms with van der Waals surface area (Å²) in [5.74, 6) is 2.53. The van der Waals surface area contributed by atoms with Gasteiger partial charge < -0.3 is 27.1 Å². The number of para-hydroxylation sites is 8. The van der Waals surface area contributed by atoms with Gasteiger partial charge in [0, 0.05) is 64.6 Å². The van der Waals surface area contributed by atoms with Crippen molar-refractivity contribution in [1.82, 2.24) is 38.2 Å². The van der Waals surface area contributed by atoms with E-state index < -0.39 is 0 Å². The summed E-state index contributed by atoms with van der Waals surface area (Å²) < 4.78 is 26.9. The quantitative estimate of drug-likeness (QED) is 0.0976. The fraction of sp³-hybridized carbons (Fsp3) is 0. The molecular weight excluding hydrogens is 1740 g/mol. The Morgan fingerprint density at radius 3 is 0.986 bits per heavy atom. The van der Waals surface area contributed by atoms with Gasteiger partial charge in [0.15, 0.2) is 11.2 Å². The summed E-state index contributed by atoms with van der Waals surface area (Å²) in [4.78, 5) is 21.1. The summed E-state index contributed by atoms with van der Waals surface area (Å²) in [5, 5.41) is 34.4. The third kappa shape index (κ3) is 13.5. The number of hydrogen-bond donors (Lipinski definition) is 0. The number of furan rings is 2. The Morgan fingerprint density at radius 2 is 0.542 bits per heavy atom. The number of nitriles is 2. The minimum atomic E-state index is 0.515. The van der Waals surface area contributed by atoms with Crippen molar-refractivity contribution >= 4 is 131 Å². The van der Waals surface area contributed by atoms with Crippen molar-refractivity contribution in [2.45, 2.75) is 0 Å².